The molecule has 1 aromatic heterocycles. The Morgan fingerprint density at radius 1 is 1.00 bits per heavy atom. The zero-order valence-electron chi connectivity index (χ0n) is 21.3. The summed E-state index contributed by atoms with van der Waals surface area (Å²) in [5.74, 6) is 0.637. The Labute approximate surface area is 215 Å². The molecule has 0 atom stereocenters. The van der Waals surface area contributed by atoms with Gasteiger partial charge in [0.1, 0.15) is 5.75 Å². The van der Waals surface area contributed by atoms with Crippen LogP contribution < -0.4 is 10.1 Å². The van der Waals surface area contributed by atoms with E-state index < -0.39 is 10.0 Å². The standard InChI is InChI=1S/C29H37N3O3S/c1-3-4-20-30-21-23-12-14-24(15-13-23)29-11-7-8-25(31-29)22-32(26-9-5-6-10-26)36(33,34)28-18-16-27(35-2)17-19-28/h7-8,11-19,26,30H,3-6,9-10,20-22H2,1-2H3. The number of aromatic nitrogens is 1. The normalized spacial score (nSPS) is 14.4. The van der Waals surface area contributed by atoms with Crippen LogP contribution in [-0.2, 0) is 23.1 Å². The first-order chi connectivity index (χ1) is 17.5. The van der Waals surface area contributed by atoms with E-state index >= 15 is 0 Å². The van der Waals surface area contributed by atoms with Gasteiger partial charge in [-0.2, -0.15) is 4.31 Å². The van der Waals surface area contributed by atoms with E-state index in [1.165, 1.54) is 18.4 Å². The van der Waals surface area contributed by atoms with E-state index in [-0.39, 0.29) is 17.5 Å². The van der Waals surface area contributed by atoms with Crippen LogP contribution in [0.2, 0.25) is 0 Å². The van der Waals surface area contributed by atoms with Crippen LogP contribution >= 0.6 is 0 Å². The fourth-order valence-corrected chi connectivity index (χ4v) is 6.36. The van der Waals surface area contributed by atoms with Gasteiger partial charge >= 0.3 is 0 Å². The molecule has 1 aliphatic carbocycles. The Kier molecular flexibility index (Phi) is 9.13. The fraction of sp³-hybridized carbons (Fsp3) is 0.414. The third-order valence-electron chi connectivity index (χ3n) is 6.81. The van der Waals surface area contributed by atoms with Crippen LogP contribution in [0.15, 0.2) is 71.6 Å². The van der Waals surface area contributed by atoms with Gasteiger partial charge in [-0.25, -0.2) is 8.42 Å². The number of methoxy groups -OCH3 is 1. The largest absolute Gasteiger partial charge is 0.497 e. The molecule has 36 heavy (non-hydrogen) atoms. The van der Waals surface area contributed by atoms with Crippen molar-refractivity contribution in [1.29, 1.82) is 0 Å². The highest BCUT2D eigenvalue weighted by atomic mass is 32.2. The zero-order valence-corrected chi connectivity index (χ0v) is 22.1. The van der Waals surface area contributed by atoms with Crippen molar-refractivity contribution in [3.8, 4) is 17.0 Å². The summed E-state index contributed by atoms with van der Waals surface area (Å²) in [6, 6.07) is 20.9. The number of unbranched alkanes of at least 4 members (excludes halogenated alkanes) is 1. The Morgan fingerprint density at radius 2 is 1.72 bits per heavy atom. The van der Waals surface area contributed by atoms with Crippen LogP contribution in [0.25, 0.3) is 11.3 Å². The third kappa shape index (κ3) is 6.52. The van der Waals surface area contributed by atoms with Crippen molar-refractivity contribution in [2.45, 2.75) is 69.5 Å². The van der Waals surface area contributed by atoms with Gasteiger partial charge < -0.3 is 10.1 Å². The molecule has 1 N–H and O–H groups in total. The van der Waals surface area contributed by atoms with Gasteiger partial charge in [-0.05, 0) is 67.8 Å². The zero-order chi connectivity index (χ0) is 25.4. The number of ether oxygens (including phenoxy) is 1. The second kappa shape index (κ2) is 12.5. The number of hydrogen-bond donors (Lipinski definition) is 1. The molecular weight excluding hydrogens is 470 g/mol. The lowest BCUT2D eigenvalue weighted by molar-refractivity contribution is 0.313. The van der Waals surface area contributed by atoms with Gasteiger partial charge in [-0.3, -0.25) is 4.98 Å². The average molecular weight is 508 g/mol. The summed E-state index contributed by atoms with van der Waals surface area (Å²) < 4.78 is 34.2. The minimum atomic E-state index is -3.67. The summed E-state index contributed by atoms with van der Waals surface area (Å²) in [5, 5.41) is 3.47. The maximum absolute atomic E-state index is 13.7. The van der Waals surface area contributed by atoms with E-state index in [1.54, 1.807) is 35.7 Å². The van der Waals surface area contributed by atoms with Crippen LogP contribution in [0, 0.1) is 0 Å². The van der Waals surface area contributed by atoms with Crippen LogP contribution in [0.1, 0.15) is 56.7 Å². The molecule has 2 aromatic carbocycles. The summed E-state index contributed by atoms with van der Waals surface area (Å²) in [6.07, 6.45) is 6.22. The number of nitrogens with one attached hydrogen (secondary N) is 1. The Morgan fingerprint density at radius 3 is 2.39 bits per heavy atom. The lowest BCUT2D eigenvalue weighted by atomic mass is 10.1. The van der Waals surface area contributed by atoms with E-state index in [9.17, 15) is 8.42 Å². The highest BCUT2D eigenvalue weighted by Crippen LogP contribution is 2.31. The van der Waals surface area contributed by atoms with Gasteiger partial charge in [-0.15, -0.1) is 0 Å². The molecule has 0 radical (unpaired) electrons. The van der Waals surface area contributed by atoms with E-state index in [2.05, 4.69) is 36.5 Å². The number of rotatable bonds is 12. The van der Waals surface area contributed by atoms with Crippen molar-refractivity contribution in [2.24, 2.45) is 0 Å². The lowest BCUT2D eigenvalue weighted by Crippen LogP contribution is -2.38. The summed E-state index contributed by atoms with van der Waals surface area (Å²) in [6.45, 7) is 4.33. The molecule has 6 nitrogen and oxygen atoms in total. The third-order valence-corrected chi connectivity index (χ3v) is 8.72. The minimum absolute atomic E-state index is 0.0120. The molecule has 1 fully saturated rings. The predicted octanol–water partition coefficient (Wildman–Crippen LogP) is 5.78. The Balaban J connectivity index is 1.53. The molecule has 7 heteroatoms. The van der Waals surface area contributed by atoms with E-state index in [4.69, 9.17) is 9.72 Å². The van der Waals surface area contributed by atoms with Crippen LogP contribution in [-0.4, -0.2) is 37.4 Å². The number of pyridine rings is 1. The van der Waals surface area contributed by atoms with Crippen molar-refractivity contribution in [1.82, 2.24) is 14.6 Å². The molecule has 3 aromatic rings. The van der Waals surface area contributed by atoms with Crippen molar-refractivity contribution >= 4 is 10.0 Å². The highest BCUT2D eigenvalue weighted by molar-refractivity contribution is 7.89. The van der Waals surface area contributed by atoms with Crippen LogP contribution in [0.5, 0.6) is 5.75 Å². The molecule has 1 heterocycles. The molecule has 0 unspecified atom stereocenters. The molecule has 0 bridgehead atoms. The minimum Gasteiger partial charge on any atom is -0.497 e. The maximum atomic E-state index is 13.7. The lowest BCUT2D eigenvalue weighted by Gasteiger charge is -2.28. The highest BCUT2D eigenvalue weighted by Gasteiger charge is 2.33. The number of nitrogens with zero attached hydrogens (tertiary/aromatic N) is 2. The molecule has 192 valence electrons. The number of sulfonamides is 1. The van der Waals surface area contributed by atoms with Crippen molar-refractivity contribution < 1.29 is 13.2 Å². The topological polar surface area (TPSA) is 71.5 Å². The van der Waals surface area contributed by atoms with Gasteiger partial charge in [0.25, 0.3) is 0 Å². The summed E-state index contributed by atoms with van der Waals surface area (Å²) >= 11 is 0. The molecule has 0 amide bonds. The second-order valence-corrected chi connectivity index (χ2v) is 11.3. The fourth-order valence-electron chi connectivity index (χ4n) is 4.70. The molecule has 0 aliphatic heterocycles. The molecule has 0 spiro atoms. The van der Waals surface area contributed by atoms with Gasteiger partial charge in [0.2, 0.25) is 10.0 Å². The molecule has 1 aliphatic rings. The quantitative estimate of drug-likeness (QED) is 0.315. The van der Waals surface area contributed by atoms with E-state index in [0.717, 1.165) is 55.7 Å². The maximum Gasteiger partial charge on any atom is 0.243 e. The first kappa shape index (κ1) is 26.3. The Bertz CT molecular complexity index is 1210. The smallest absolute Gasteiger partial charge is 0.243 e. The SMILES string of the molecule is CCCCNCc1ccc(-c2cccc(CN(C3CCCC3)S(=O)(=O)c3ccc(OC)cc3)n2)cc1. The van der Waals surface area contributed by atoms with E-state index in [1.807, 2.05) is 18.2 Å². The molecular formula is C29H37N3O3S. The summed E-state index contributed by atoms with van der Waals surface area (Å²) in [7, 11) is -2.10. The predicted molar refractivity (Wildman–Crippen MR) is 144 cm³/mol. The van der Waals surface area contributed by atoms with Crippen molar-refractivity contribution in [3.05, 3.63) is 78.0 Å². The average Bonchev–Trinajstić information content (AvgIpc) is 3.45. The van der Waals surface area contributed by atoms with Crippen molar-refractivity contribution in [2.75, 3.05) is 13.7 Å². The summed E-state index contributed by atoms with van der Waals surface area (Å²) in [4.78, 5) is 5.15. The van der Waals surface area contributed by atoms with E-state index in [0.29, 0.717) is 5.75 Å². The Hall–Kier alpha value is -2.74. The second-order valence-electron chi connectivity index (χ2n) is 9.41. The number of benzene rings is 2. The van der Waals surface area contributed by atoms with Gasteiger partial charge in [0.05, 0.1) is 29.9 Å². The monoisotopic (exact) mass is 507 g/mol. The van der Waals surface area contributed by atoms with Gasteiger partial charge in [0, 0.05) is 18.2 Å². The molecule has 1 saturated carbocycles. The van der Waals surface area contributed by atoms with Crippen molar-refractivity contribution in [3.63, 3.8) is 0 Å². The van der Waals surface area contributed by atoms with Crippen LogP contribution in [0.3, 0.4) is 0 Å². The number of hydrogen-bond acceptors (Lipinski definition) is 5. The first-order valence-electron chi connectivity index (χ1n) is 12.9. The first-order valence-corrected chi connectivity index (χ1v) is 14.4. The molecule has 0 saturated heterocycles. The van der Waals surface area contributed by atoms with Gasteiger partial charge in [0.15, 0.2) is 0 Å². The van der Waals surface area contributed by atoms with Gasteiger partial charge in [-0.1, -0.05) is 56.5 Å². The molecule has 4 rings (SSSR count). The van der Waals surface area contributed by atoms with Crippen LogP contribution in [0.4, 0.5) is 0 Å². The summed E-state index contributed by atoms with van der Waals surface area (Å²) in [5.41, 5.74) is 3.87.